The Balaban J connectivity index is 1.67. The lowest BCUT2D eigenvalue weighted by atomic mass is 10.1. The number of anilines is 1. The fraction of sp³-hybridized carbons (Fsp3) is 0.409. The first-order chi connectivity index (χ1) is 13.5. The summed E-state index contributed by atoms with van der Waals surface area (Å²) in [7, 11) is 0. The molecule has 6 heteroatoms. The number of hydrogen-bond donors (Lipinski definition) is 0. The highest BCUT2D eigenvalue weighted by Crippen LogP contribution is 2.18. The van der Waals surface area contributed by atoms with E-state index in [2.05, 4.69) is 9.88 Å². The van der Waals surface area contributed by atoms with Crippen molar-refractivity contribution in [3.05, 3.63) is 59.9 Å². The van der Waals surface area contributed by atoms with Crippen molar-refractivity contribution in [1.82, 2.24) is 14.8 Å². The first-order valence-electron chi connectivity index (χ1n) is 9.77. The van der Waals surface area contributed by atoms with Crippen molar-refractivity contribution in [2.75, 3.05) is 31.1 Å². The second kappa shape index (κ2) is 8.87. The van der Waals surface area contributed by atoms with E-state index in [9.17, 15) is 9.59 Å². The van der Waals surface area contributed by atoms with Crippen LogP contribution in [0.15, 0.2) is 48.7 Å². The lowest BCUT2D eigenvalue weighted by Crippen LogP contribution is -2.48. The minimum Gasteiger partial charge on any atom is -0.367 e. The van der Waals surface area contributed by atoms with Crippen molar-refractivity contribution in [2.24, 2.45) is 0 Å². The number of piperazine rings is 1. The van der Waals surface area contributed by atoms with E-state index in [4.69, 9.17) is 0 Å². The van der Waals surface area contributed by atoms with E-state index < -0.39 is 0 Å². The molecule has 28 heavy (non-hydrogen) atoms. The smallest absolute Gasteiger partial charge is 0.272 e. The molecule has 0 aliphatic carbocycles. The zero-order chi connectivity index (χ0) is 20.1. The highest BCUT2D eigenvalue weighted by atomic mass is 16.2. The third-order valence-corrected chi connectivity index (χ3v) is 5.14. The molecule has 0 atom stereocenters. The highest BCUT2D eigenvalue weighted by Gasteiger charge is 2.22. The zero-order valence-electron chi connectivity index (χ0n) is 16.8. The minimum absolute atomic E-state index is 0.0631. The molecule has 2 heterocycles. The maximum atomic E-state index is 13.0. The van der Waals surface area contributed by atoms with E-state index >= 15 is 0 Å². The van der Waals surface area contributed by atoms with Gasteiger partial charge in [0.1, 0.15) is 5.69 Å². The Hall–Kier alpha value is -2.89. The number of pyridine rings is 1. The number of amides is 2. The van der Waals surface area contributed by atoms with Crippen LogP contribution in [0.25, 0.3) is 0 Å². The second-order valence-corrected chi connectivity index (χ2v) is 7.41. The molecule has 0 radical (unpaired) electrons. The predicted molar refractivity (Wildman–Crippen MR) is 110 cm³/mol. The SMILES string of the molecule is CC(=O)N1CCN(c2ccc(C(=O)N(Cc3ccccc3)C(C)C)nc2)CC1. The number of nitrogens with zero attached hydrogens (tertiary/aromatic N) is 4. The molecule has 0 N–H and O–H groups in total. The fourth-order valence-electron chi connectivity index (χ4n) is 3.40. The molecule has 1 fully saturated rings. The average Bonchev–Trinajstić information content (AvgIpc) is 2.72. The molecule has 0 bridgehead atoms. The van der Waals surface area contributed by atoms with Crippen molar-refractivity contribution in [1.29, 1.82) is 0 Å². The molecule has 2 amide bonds. The summed E-state index contributed by atoms with van der Waals surface area (Å²) in [5.41, 5.74) is 2.54. The van der Waals surface area contributed by atoms with E-state index in [1.807, 2.05) is 60.0 Å². The Morgan fingerprint density at radius 2 is 1.71 bits per heavy atom. The van der Waals surface area contributed by atoms with E-state index in [1.54, 1.807) is 19.2 Å². The van der Waals surface area contributed by atoms with Crippen LogP contribution >= 0.6 is 0 Å². The van der Waals surface area contributed by atoms with Crippen molar-refractivity contribution in [3.8, 4) is 0 Å². The van der Waals surface area contributed by atoms with Crippen LogP contribution in [0.5, 0.6) is 0 Å². The van der Waals surface area contributed by atoms with Gasteiger partial charge in [-0.2, -0.15) is 0 Å². The van der Waals surface area contributed by atoms with Gasteiger partial charge in [0.2, 0.25) is 5.91 Å². The summed E-state index contributed by atoms with van der Waals surface area (Å²) >= 11 is 0. The highest BCUT2D eigenvalue weighted by molar-refractivity contribution is 5.92. The normalized spacial score (nSPS) is 14.3. The standard InChI is InChI=1S/C22H28N4O2/c1-17(2)26(16-19-7-5-4-6-8-19)22(28)21-10-9-20(15-23-21)25-13-11-24(12-14-25)18(3)27/h4-10,15,17H,11-14,16H2,1-3H3. The Bertz CT molecular complexity index is 797. The van der Waals surface area contributed by atoms with E-state index in [1.165, 1.54) is 0 Å². The van der Waals surface area contributed by atoms with Gasteiger partial charge in [0.15, 0.2) is 0 Å². The molecule has 1 saturated heterocycles. The Morgan fingerprint density at radius 1 is 1.04 bits per heavy atom. The zero-order valence-corrected chi connectivity index (χ0v) is 16.8. The summed E-state index contributed by atoms with van der Waals surface area (Å²) in [5, 5.41) is 0. The number of rotatable bonds is 5. The largest absolute Gasteiger partial charge is 0.367 e. The van der Waals surface area contributed by atoms with Gasteiger partial charge in [-0.05, 0) is 31.5 Å². The van der Waals surface area contributed by atoms with Crippen LogP contribution in [0.3, 0.4) is 0 Å². The molecular weight excluding hydrogens is 352 g/mol. The van der Waals surface area contributed by atoms with Gasteiger partial charge in [-0.15, -0.1) is 0 Å². The number of aromatic nitrogens is 1. The van der Waals surface area contributed by atoms with Crippen LogP contribution in [0.2, 0.25) is 0 Å². The first kappa shape index (κ1) is 19.9. The number of hydrogen-bond acceptors (Lipinski definition) is 4. The van der Waals surface area contributed by atoms with Gasteiger partial charge in [0.05, 0.1) is 11.9 Å². The molecule has 0 unspecified atom stereocenters. The van der Waals surface area contributed by atoms with Gasteiger partial charge in [-0.3, -0.25) is 9.59 Å². The molecular formula is C22H28N4O2. The maximum Gasteiger partial charge on any atom is 0.272 e. The summed E-state index contributed by atoms with van der Waals surface area (Å²) in [6.07, 6.45) is 1.76. The number of benzene rings is 1. The van der Waals surface area contributed by atoms with Crippen molar-refractivity contribution in [2.45, 2.75) is 33.4 Å². The molecule has 6 nitrogen and oxygen atoms in total. The fourth-order valence-corrected chi connectivity index (χ4v) is 3.40. The molecule has 1 aromatic heterocycles. The van der Waals surface area contributed by atoms with Crippen LogP contribution in [0.4, 0.5) is 5.69 Å². The first-order valence-corrected chi connectivity index (χ1v) is 9.77. The van der Waals surface area contributed by atoms with Gasteiger partial charge >= 0.3 is 0 Å². The van der Waals surface area contributed by atoms with Gasteiger partial charge in [-0.25, -0.2) is 4.98 Å². The molecule has 1 aliphatic rings. The third-order valence-electron chi connectivity index (χ3n) is 5.14. The van der Waals surface area contributed by atoms with Gasteiger partial charge in [-0.1, -0.05) is 30.3 Å². The van der Waals surface area contributed by atoms with Crippen molar-refractivity contribution < 1.29 is 9.59 Å². The second-order valence-electron chi connectivity index (χ2n) is 7.41. The van der Waals surface area contributed by atoms with E-state index in [0.29, 0.717) is 25.3 Å². The van der Waals surface area contributed by atoms with Gasteiger partial charge in [0.25, 0.3) is 5.91 Å². The lowest BCUT2D eigenvalue weighted by molar-refractivity contribution is -0.129. The predicted octanol–water partition coefficient (Wildman–Crippen LogP) is 2.80. The molecule has 2 aromatic rings. The van der Waals surface area contributed by atoms with Crippen molar-refractivity contribution in [3.63, 3.8) is 0 Å². The van der Waals surface area contributed by atoms with Gasteiger partial charge in [0, 0.05) is 45.7 Å². The van der Waals surface area contributed by atoms with Crippen LogP contribution in [-0.2, 0) is 11.3 Å². The van der Waals surface area contributed by atoms with Crippen molar-refractivity contribution >= 4 is 17.5 Å². The van der Waals surface area contributed by atoms with E-state index in [0.717, 1.165) is 24.3 Å². The quantitative estimate of drug-likeness (QED) is 0.800. The van der Waals surface area contributed by atoms with Crippen LogP contribution < -0.4 is 4.90 Å². The molecule has 1 aromatic carbocycles. The molecule has 0 spiro atoms. The molecule has 0 saturated carbocycles. The van der Waals surface area contributed by atoms with Crippen LogP contribution in [-0.4, -0.2) is 58.8 Å². The Kier molecular flexibility index (Phi) is 6.29. The van der Waals surface area contributed by atoms with E-state index in [-0.39, 0.29) is 17.9 Å². The molecule has 1 aliphatic heterocycles. The number of carbonyl (C=O) groups excluding carboxylic acids is 2. The Morgan fingerprint density at radius 3 is 2.25 bits per heavy atom. The number of carbonyl (C=O) groups is 2. The third kappa shape index (κ3) is 4.68. The lowest BCUT2D eigenvalue weighted by Gasteiger charge is -2.35. The Labute approximate surface area is 166 Å². The molecule has 148 valence electrons. The summed E-state index contributed by atoms with van der Waals surface area (Å²) in [4.78, 5) is 34.8. The van der Waals surface area contributed by atoms with Gasteiger partial charge < -0.3 is 14.7 Å². The summed E-state index contributed by atoms with van der Waals surface area (Å²) in [6, 6.07) is 13.8. The molecule has 3 rings (SSSR count). The van der Waals surface area contributed by atoms with Crippen LogP contribution in [0, 0.1) is 0 Å². The topological polar surface area (TPSA) is 56.8 Å². The summed E-state index contributed by atoms with van der Waals surface area (Å²) < 4.78 is 0. The average molecular weight is 380 g/mol. The summed E-state index contributed by atoms with van der Waals surface area (Å²) in [6.45, 7) is 9.19. The monoisotopic (exact) mass is 380 g/mol. The maximum absolute atomic E-state index is 13.0. The summed E-state index contributed by atoms with van der Waals surface area (Å²) in [5.74, 6) is 0.0534. The minimum atomic E-state index is -0.0631. The van der Waals surface area contributed by atoms with Crippen LogP contribution in [0.1, 0.15) is 36.8 Å².